The molecule has 1 fully saturated rings. The van der Waals surface area contributed by atoms with Gasteiger partial charge in [0, 0.05) is 41.9 Å². The zero-order chi connectivity index (χ0) is 24.6. The summed E-state index contributed by atoms with van der Waals surface area (Å²) in [6, 6.07) is 11.8. The van der Waals surface area contributed by atoms with Crippen molar-refractivity contribution in [1.29, 1.82) is 0 Å². The summed E-state index contributed by atoms with van der Waals surface area (Å²) in [5, 5.41) is 5.11. The molecule has 3 rings (SSSR count). The van der Waals surface area contributed by atoms with E-state index < -0.39 is 19.1 Å². The smallest absolute Gasteiger partial charge is 0.261 e. The van der Waals surface area contributed by atoms with E-state index in [2.05, 4.69) is 15.4 Å². The van der Waals surface area contributed by atoms with Gasteiger partial charge >= 0.3 is 0 Å². The molecule has 0 unspecified atom stereocenters. The van der Waals surface area contributed by atoms with Gasteiger partial charge in [-0.05, 0) is 61.4 Å². The third-order valence-corrected chi connectivity index (χ3v) is 7.52. The molecule has 1 aliphatic rings. The van der Waals surface area contributed by atoms with Gasteiger partial charge in [0.05, 0.1) is 9.79 Å². The molecule has 1 aliphatic carbocycles. The molecule has 2 aromatic rings. The van der Waals surface area contributed by atoms with E-state index in [9.17, 15) is 26.4 Å². The van der Waals surface area contributed by atoms with Crippen molar-refractivity contribution in [2.75, 3.05) is 10.6 Å². The highest BCUT2D eigenvalue weighted by Gasteiger charge is 2.22. The average Bonchev–Trinajstić information content (AvgIpc) is 3.20. The molecule has 0 radical (unpaired) electrons. The first-order valence-corrected chi connectivity index (χ1v) is 13.9. The summed E-state index contributed by atoms with van der Waals surface area (Å²) in [5.74, 6) is -0.397. The predicted octanol–water partition coefficient (Wildman–Crippen LogP) is 3.44. The fraction of sp³-hybridized carbons (Fsp3) is 0.333. The van der Waals surface area contributed by atoms with Crippen LogP contribution in [0.25, 0.3) is 0 Å². The second-order valence-electron chi connectivity index (χ2n) is 7.45. The minimum absolute atomic E-state index is 0.00766. The highest BCUT2D eigenvalue weighted by molar-refractivity contribution is 8.13. The molecular weight excluding hydrogens is 490 g/mol. The molecule has 0 bridgehead atoms. The van der Waals surface area contributed by atoms with Gasteiger partial charge in [0.15, 0.2) is 0 Å². The highest BCUT2D eigenvalue weighted by Crippen LogP contribution is 2.21. The number of benzene rings is 2. The molecule has 12 heteroatoms. The molecular formula is C21H26ClN3O6S2. The summed E-state index contributed by atoms with van der Waals surface area (Å²) in [6.07, 6.45) is 3.97. The first-order valence-electron chi connectivity index (χ1n) is 10.1. The normalized spacial score (nSPS) is 14.2. The zero-order valence-electron chi connectivity index (χ0n) is 18.2. The Bertz CT molecular complexity index is 1180. The fourth-order valence-electron chi connectivity index (χ4n) is 3.16. The lowest BCUT2D eigenvalue weighted by atomic mass is 10.3. The molecule has 9 nitrogen and oxygen atoms in total. The summed E-state index contributed by atoms with van der Waals surface area (Å²) >= 11 is 0. The average molecular weight is 516 g/mol. The van der Waals surface area contributed by atoms with Gasteiger partial charge in [-0.1, -0.05) is 12.8 Å². The van der Waals surface area contributed by atoms with Gasteiger partial charge in [-0.25, -0.2) is 21.6 Å². The molecule has 180 valence electrons. The molecule has 0 aliphatic heterocycles. The van der Waals surface area contributed by atoms with Gasteiger partial charge in [-0.15, -0.1) is 0 Å². The van der Waals surface area contributed by atoms with Crippen LogP contribution in [-0.2, 0) is 28.7 Å². The number of sulfonamides is 1. The van der Waals surface area contributed by atoms with E-state index in [0.717, 1.165) is 25.7 Å². The van der Waals surface area contributed by atoms with Crippen molar-refractivity contribution >= 4 is 52.9 Å². The number of anilines is 2. The Labute approximate surface area is 198 Å². The van der Waals surface area contributed by atoms with Crippen LogP contribution in [0.3, 0.4) is 0 Å². The van der Waals surface area contributed by atoms with Crippen molar-refractivity contribution in [3.63, 3.8) is 0 Å². The van der Waals surface area contributed by atoms with Crippen LogP contribution < -0.4 is 15.4 Å². The van der Waals surface area contributed by atoms with Crippen LogP contribution in [0.4, 0.5) is 11.4 Å². The summed E-state index contributed by atoms with van der Waals surface area (Å²) < 4.78 is 48.7. The Morgan fingerprint density at radius 1 is 0.758 bits per heavy atom. The molecule has 0 saturated heterocycles. The number of amides is 2. The van der Waals surface area contributed by atoms with Crippen molar-refractivity contribution < 1.29 is 26.4 Å². The third kappa shape index (κ3) is 9.12. The molecule has 3 N–H and O–H groups in total. The van der Waals surface area contributed by atoms with Crippen molar-refractivity contribution in [2.24, 2.45) is 0 Å². The first-order chi connectivity index (χ1) is 15.4. The van der Waals surface area contributed by atoms with Gasteiger partial charge in [0.1, 0.15) is 0 Å². The summed E-state index contributed by atoms with van der Waals surface area (Å²) in [4.78, 5) is 21.8. The topological polar surface area (TPSA) is 139 Å². The fourth-order valence-corrected chi connectivity index (χ4v) is 5.23. The SMILES string of the molecule is CC(=O)Nc1ccc(S(=O)(=O)Cl)cc1.CC(=O)Nc1ccc(S(=O)(=O)NC2CCCC2)cc1. The maximum absolute atomic E-state index is 12.1. The third-order valence-electron chi connectivity index (χ3n) is 4.62. The molecule has 2 aromatic carbocycles. The number of nitrogens with one attached hydrogen (secondary N) is 3. The van der Waals surface area contributed by atoms with Crippen LogP contribution in [-0.4, -0.2) is 34.7 Å². The number of carbonyl (C=O) groups excluding carboxylic acids is 2. The van der Waals surface area contributed by atoms with Crippen molar-refractivity contribution in [1.82, 2.24) is 4.72 Å². The van der Waals surface area contributed by atoms with E-state index in [1.165, 1.54) is 50.2 Å². The lowest BCUT2D eigenvalue weighted by molar-refractivity contribution is -0.115. The van der Waals surface area contributed by atoms with E-state index in [0.29, 0.717) is 11.4 Å². The minimum atomic E-state index is -3.69. The highest BCUT2D eigenvalue weighted by atomic mass is 35.7. The van der Waals surface area contributed by atoms with Crippen LogP contribution >= 0.6 is 10.7 Å². The largest absolute Gasteiger partial charge is 0.326 e. The second kappa shape index (κ2) is 11.6. The predicted molar refractivity (Wildman–Crippen MR) is 127 cm³/mol. The number of hydrogen-bond donors (Lipinski definition) is 3. The Morgan fingerprint density at radius 2 is 1.15 bits per heavy atom. The summed E-state index contributed by atoms with van der Waals surface area (Å²) in [7, 11) is -2.04. The van der Waals surface area contributed by atoms with Crippen molar-refractivity contribution in [2.45, 2.75) is 55.4 Å². The molecule has 0 atom stereocenters. The van der Waals surface area contributed by atoms with Crippen LogP contribution in [0.5, 0.6) is 0 Å². The van der Waals surface area contributed by atoms with E-state index in [4.69, 9.17) is 10.7 Å². The van der Waals surface area contributed by atoms with Crippen LogP contribution in [0.2, 0.25) is 0 Å². The van der Waals surface area contributed by atoms with E-state index in [1.807, 2.05) is 0 Å². The molecule has 2 amide bonds. The number of halogens is 1. The number of carbonyl (C=O) groups is 2. The number of hydrogen-bond acceptors (Lipinski definition) is 6. The van der Waals surface area contributed by atoms with E-state index in [-0.39, 0.29) is 27.6 Å². The Hall–Kier alpha value is -2.47. The summed E-state index contributed by atoms with van der Waals surface area (Å²) in [5.41, 5.74) is 1.12. The van der Waals surface area contributed by atoms with Crippen LogP contribution in [0.15, 0.2) is 58.3 Å². The van der Waals surface area contributed by atoms with Gasteiger partial charge in [0.25, 0.3) is 9.05 Å². The standard InChI is InChI=1S/C13H18N2O3S.C8H8ClNO3S/c1-10(16)14-11-6-8-13(9-7-11)19(17,18)15-12-4-2-3-5-12;1-6(11)10-7-2-4-8(5-3-7)14(9,12)13/h6-9,12,15H,2-5H2,1H3,(H,14,16);2-5H,1H3,(H,10,11). The zero-order valence-corrected chi connectivity index (χ0v) is 20.6. The Balaban J connectivity index is 0.000000245. The van der Waals surface area contributed by atoms with E-state index >= 15 is 0 Å². The summed E-state index contributed by atoms with van der Waals surface area (Å²) in [6.45, 7) is 2.78. The second-order valence-corrected chi connectivity index (χ2v) is 11.7. The molecule has 1 saturated carbocycles. The van der Waals surface area contributed by atoms with Crippen LogP contribution in [0, 0.1) is 0 Å². The Kier molecular flexibility index (Phi) is 9.41. The minimum Gasteiger partial charge on any atom is -0.326 e. The Morgan fingerprint density at radius 3 is 1.52 bits per heavy atom. The monoisotopic (exact) mass is 515 g/mol. The maximum Gasteiger partial charge on any atom is 0.261 e. The van der Waals surface area contributed by atoms with Crippen molar-refractivity contribution in [3.8, 4) is 0 Å². The van der Waals surface area contributed by atoms with Gasteiger partial charge in [-0.2, -0.15) is 0 Å². The lowest BCUT2D eigenvalue weighted by Gasteiger charge is -2.12. The molecule has 33 heavy (non-hydrogen) atoms. The van der Waals surface area contributed by atoms with Crippen molar-refractivity contribution in [3.05, 3.63) is 48.5 Å². The molecule has 0 spiro atoms. The van der Waals surface area contributed by atoms with Gasteiger partial charge < -0.3 is 10.6 Å². The number of rotatable bonds is 6. The van der Waals surface area contributed by atoms with E-state index in [1.54, 1.807) is 12.1 Å². The quantitative estimate of drug-likeness (QED) is 0.504. The first kappa shape index (κ1) is 26.8. The van der Waals surface area contributed by atoms with Gasteiger partial charge in [-0.3, -0.25) is 9.59 Å². The van der Waals surface area contributed by atoms with Crippen LogP contribution in [0.1, 0.15) is 39.5 Å². The maximum atomic E-state index is 12.1. The van der Waals surface area contributed by atoms with Gasteiger partial charge in [0.2, 0.25) is 21.8 Å². The lowest BCUT2D eigenvalue weighted by Crippen LogP contribution is -2.32. The molecule has 0 heterocycles. The molecule has 0 aromatic heterocycles.